The monoisotopic (exact) mass is 253 g/mol. The molecule has 1 amide bonds. The molecule has 5 nitrogen and oxygen atoms in total. The number of hydrogen-bond donors (Lipinski definition) is 2. The van der Waals surface area contributed by atoms with Crippen LogP contribution in [-0.2, 0) is 4.79 Å². The van der Waals surface area contributed by atoms with Crippen LogP contribution in [0.3, 0.4) is 0 Å². The molecule has 1 fully saturated rings. The van der Waals surface area contributed by atoms with Crippen LogP contribution in [0.4, 0.5) is 5.69 Å². The van der Waals surface area contributed by atoms with E-state index in [9.17, 15) is 9.90 Å². The summed E-state index contributed by atoms with van der Waals surface area (Å²) in [6.07, 6.45) is 1.61. The van der Waals surface area contributed by atoms with Gasteiger partial charge in [-0.25, -0.2) is 0 Å². The van der Waals surface area contributed by atoms with Gasteiger partial charge in [0.15, 0.2) is 5.57 Å². The number of nitrogens with zero attached hydrogens (tertiary/aromatic N) is 2. The van der Waals surface area contributed by atoms with Gasteiger partial charge in [-0.05, 0) is 37.1 Å². The van der Waals surface area contributed by atoms with Crippen molar-refractivity contribution in [3.63, 3.8) is 0 Å². The molecular weight excluding hydrogens is 242 g/mol. The first-order valence-corrected chi connectivity index (χ1v) is 5.80. The van der Waals surface area contributed by atoms with Crippen molar-refractivity contribution in [2.75, 3.05) is 5.32 Å². The maximum absolute atomic E-state index is 11.9. The van der Waals surface area contributed by atoms with Crippen molar-refractivity contribution in [3.8, 4) is 12.1 Å². The summed E-state index contributed by atoms with van der Waals surface area (Å²) < 4.78 is 0. The number of nitrogens with one attached hydrogen (secondary N) is 1. The predicted molar refractivity (Wildman–Crippen MR) is 67.8 cm³/mol. The SMILES string of the molecule is N#CC(C(=O)Nc1ccc(C#N)cc1)=C(O)C1CC1. The molecular formula is C14H11N3O2. The minimum atomic E-state index is -0.628. The van der Waals surface area contributed by atoms with Crippen LogP contribution < -0.4 is 5.32 Å². The average Bonchev–Trinajstić information content (AvgIpc) is 3.24. The van der Waals surface area contributed by atoms with Crippen LogP contribution in [0.1, 0.15) is 18.4 Å². The Morgan fingerprint density at radius 1 is 1.26 bits per heavy atom. The maximum atomic E-state index is 11.9. The molecule has 1 aromatic carbocycles. The van der Waals surface area contributed by atoms with Gasteiger partial charge < -0.3 is 10.4 Å². The molecule has 0 bridgehead atoms. The molecule has 94 valence electrons. The van der Waals surface area contributed by atoms with E-state index in [2.05, 4.69) is 5.32 Å². The summed E-state index contributed by atoms with van der Waals surface area (Å²) in [6, 6.07) is 9.96. The Balaban J connectivity index is 2.14. The number of allylic oxidation sites excluding steroid dienone is 1. The Morgan fingerprint density at radius 2 is 1.89 bits per heavy atom. The zero-order valence-electron chi connectivity index (χ0n) is 10.1. The van der Waals surface area contributed by atoms with E-state index in [-0.39, 0.29) is 17.3 Å². The number of amides is 1. The van der Waals surface area contributed by atoms with E-state index in [1.807, 2.05) is 6.07 Å². The second kappa shape index (κ2) is 5.24. The van der Waals surface area contributed by atoms with E-state index < -0.39 is 5.91 Å². The zero-order valence-corrected chi connectivity index (χ0v) is 10.1. The quantitative estimate of drug-likeness (QED) is 0.490. The fourth-order valence-electron chi connectivity index (χ4n) is 1.61. The normalized spacial score (nSPS) is 14.8. The van der Waals surface area contributed by atoms with Crippen LogP contribution in [0.2, 0.25) is 0 Å². The lowest BCUT2D eigenvalue weighted by Gasteiger charge is -2.05. The lowest BCUT2D eigenvalue weighted by Crippen LogP contribution is -2.15. The first-order chi connectivity index (χ1) is 9.15. The first kappa shape index (κ1) is 12.7. The van der Waals surface area contributed by atoms with Crippen molar-refractivity contribution in [1.29, 1.82) is 10.5 Å². The van der Waals surface area contributed by atoms with E-state index in [0.29, 0.717) is 11.3 Å². The second-order valence-corrected chi connectivity index (χ2v) is 4.29. The Labute approximate surface area is 110 Å². The number of nitriles is 2. The van der Waals surface area contributed by atoms with Crippen LogP contribution in [0.25, 0.3) is 0 Å². The lowest BCUT2D eigenvalue weighted by atomic mass is 10.1. The van der Waals surface area contributed by atoms with Gasteiger partial charge in [-0.2, -0.15) is 10.5 Å². The third-order valence-corrected chi connectivity index (χ3v) is 2.83. The highest BCUT2D eigenvalue weighted by Gasteiger charge is 2.30. The Hall–Kier alpha value is -2.79. The van der Waals surface area contributed by atoms with Crippen molar-refractivity contribution in [3.05, 3.63) is 41.2 Å². The molecule has 1 aromatic rings. The first-order valence-electron chi connectivity index (χ1n) is 5.80. The Morgan fingerprint density at radius 3 is 2.37 bits per heavy atom. The number of hydrogen-bond acceptors (Lipinski definition) is 4. The topological polar surface area (TPSA) is 96.9 Å². The fraction of sp³-hybridized carbons (Fsp3) is 0.214. The van der Waals surface area contributed by atoms with Crippen molar-refractivity contribution < 1.29 is 9.90 Å². The van der Waals surface area contributed by atoms with Gasteiger partial charge in [-0.1, -0.05) is 0 Å². The van der Waals surface area contributed by atoms with E-state index in [1.165, 1.54) is 0 Å². The standard InChI is InChI=1S/C14H11N3O2/c15-7-9-1-5-11(6-2-9)17-14(19)12(8-16)13(18)10-3-4-10/h1-2,5-6,10,18H,3-4H2,(H,17,19). The second-order valence-electron chi connectivity index (χ2n) is 4.29. The van der Waals surface area contributed by atoms with Crippen LogP contribution in [0, 0.1) is 28.6 Å². The summed E-state index contributed by atoms with van der Waals surface area (Å²) in [7, 11) is 0. The minimum absolute atomic E-state index is 0.0543. The van der Waals surface area contributed by atoms with Gasteiger partial charge >= 0.3 is 0 Å². The molecule has 0 aliphatic heterocycles. The van der Waals surface area contributed by atoms with Gasteiger partial charge in [0.1, 0.15) is 11.8 Å². The molecule has 2 rings (SSSR count). The van der Waals surface area contributed by atoms with Crippen molar-refractivity contribution in [2.45, 2.75) is 12.8 Å². The third-order valence-electron chi connectivity index (χ3n) is 2.83. The molecule has 0 spiro atoms. The summed E-state index contributed by atoms with van der Waals surface area (Å²) in [5.74, 6) is -0.813. The van der Waals surface area contributed by atoms with Gasteiger partial charge in [0.2, 0.25) is 0 Å². The van der Waals surface area contributed by atoms with Crippen molar-refractivity contribution in [1.82, 2.24) is 0 Å². The molecule has 0 radical (unpaired) electrons. The molecule has 5 heteroatoms. The van der Waals surface area contributed by atoms with E-state index >= 15 is 0 Å². The number of carbonyl (C=O) groups is 1. The van der Waals surface area contributed by atoms with Gasteiger partial charge in [0.25, 0.3) is 5.91 Å². The Kier molecular flexibility index (Phi) is 3.49. The molecule has 1 aliphatic carbocycles. The molecule has 1 aliphatic rings. The van der Waals surface area contributed by atoms with E-state index in [0.717, 1.165) is 12.8 Å². The molecule has 0 heterocycles. The van der Waals surface area contributed by atoms with Crippen LogP contribution >= 0.6 is 0 Å². The van der Waals surface area contributed by atoms with Gasteiger partial charge in [-0.3, -0.25) is 4.79 Å². The fourth-order valence-corrected chi connectivity index (χ4v) is 1.61. The summed E-state index contributed by atoms with van der Waals surface area (Å²) in [6.45, 7) is 0. The van der Waals surface area contributed by atoms with Crippen molar-refractivity contribution in [2.24, 2.45) is 5.92 Å². The van der Waals surface area contributed by atoms with Crippen molar-refractivity contribution >= 4 is 11.6 Å². The number of anilines is 1. The van der Waals surface area contributed by atoms with E-state index in [4.69, 9.17) is 10.5 Å². The number of rotatable bonds is 3. The highest BCUT2D eigenvalue weighted by Crippen LogP contribution is 2.36. The van der Waals surface area contributed by atoms with Crippen LogP contribution in [0.15, 0.2) is 35.6 Å². The van der Waals surface area contributed by atoms with Gasteiger partial charge in [0.05, 0.1) is 11.6 Å². The lowest BCUT2D eigenvalue weighted by molar-refractivity contribution is -0.112. The Bertz CT molecular complexity index is 614. The van der Waals surface area contributed by atoms with Gasteiger partial charge in [0, 0.05) is 11.6 Å². The van der Waals surface area contributed by atoms with Crippen LogP contribution in [-0.4, -0.2) is 11.0 Å². The molecule has 2 N–H and O–H groups in total. The van der Waals surface area contributed by atoms with Gasteiger partial charge in [-0.15, -0.1) is 0 Å². The predicted octanol–water partition coefficient (Wildman–Crippen LogP) is 2.24. The highest BCUT2D eigenvalue weighted by atomic mass is 16.3. The molecule has 1 saturated carbocycles. The molecule has 0 unspecified atom stereocenters. The summed E-state index contributed by atoms with van der Waals surface area (Å²) in [4.78, 5) is 11.9. The summed E-state index contributed by atoms with van der Waals surface area (Å²) >= 11 is 0. The maximum Gasteiger partial charge on any atom is 0.269 e. The molecule has 0 aromatic heterocycles. The average molecular weight is 253 g/mol. The molecule has 0 saturated heterocycles. The number of benzene rings is 1. The third kappa shape index (κ3) is 2.91. The highest BCUT2D eigenvalue weighted by molar-refractivity contribution is 6.07. The smallest absolute Gasteiger partial charge is 0.269 e. The number of carbonyl (C=O) groups excluding carboxylic acids is 1. The largest absolute Gasteiger partial charge is 0.510 e. The summed E-state index contributed by atoms with van der Waals surface area (Å²) in [5.41, 5.74) is 0.710. The molecule has 19 heavy (non-hydrogen) atoms. The minimum Gasteiger partial charge on any atom is -0.510 e. The zero-order chi connectivity index (χ0) is 13.8. The van der Waals surface area contributed by atoms with E-state index in [1.54, 1.807) is 30.3 Å². The molecule has 0 atom stereocenters. The number of aliphatic hydroxyl groups is 1. The van der Waals surface area contributed by atoms with Crippen LogP contribution in [0.5, 0.6) is 0 Å². The summed E-state index contributed by atoms with van der Waals surface area (Å²) in [5, 5.41) is 29.8. The number of aliphatic hydroxyl groups excluding tert-OH is 1.